The van der Waals surface area contributed by atoms with Gasteiger partial charge >= 0.3 is 5.69 Å². The highest BCUT2D eigenvalue weighted by molar-refractivity contribution is 5.81. The lowest BCUT2D eigenvalue weighted by molar-refractivity contribution is -0.131. The van der Waals surface area contributed by atoms with E-state index in [1.807, 2.05) is 47.4 Å². The molecule has 0 unspecified atom stereocenters. The first-order valence-corrected chi connectivity index (χ1v) is 11.4. The molecule has 0 radical (unpaired) electrons. The molecule has 1 saturated carbocycles. The Morgan fingerprint density at radius 2 is 1.94 bits per heavy atom. The molecule has 4 N–H and O–H groups in total. The topological polar surface area (TPSA) is 109 Å². The van der Waals surface area contributed by atoms with Gasteiger partial charge in [0.05, 0.1) is 11.4 Å². The number of benzene rings is 2. The van der Waals surface area contributed by atoms with E-state index in [0.717, 1.165) is 60.4 Å². The number of nitrogen functional groups attached to an aromatic ring is 1. The van der Waals surface area contributed by atoms with E-state index in [-0.39, 0.29) is 11.6 Å². The van der Waals surface area contributed by atoms with Gasteiger partial charge in [0.2, 0.25) is 5.91 Å². The minimum Gasteiger partial charge on any atom is -0.342 e. The van der Waals surface area contributed by atoms with E-state index in [4.69, 9.17) is 5.84 Å². The molecule has 170 valence electrons. The number of hydrogen-bond donors (Lipinski definition) is 3. The maximum absolute atomic E-state index is 12.5. The molecule has 2 fully saturated rings. The monoisotopic (exact) mass is 444 g/mol. The number of nitrogens with two attached hydrogens (primary N) is 1. The van der Waals surface area contributed by atoms with Gasteiger partial charge in [-0.15, -0.1) is 0 Å². The van der Waals surface area contributed by atoms with Gasteiger partial charge in [-0.05, 0) is 60.1 Å². The third kappa shape index (κ3) is 4.21. The Morgan fingerprint density at radius 1 is 1.18 bits per heavy atom. The first-order valence-electron chi connectivity index (χ1n) is 11.4. The summed E-state index contributed by atoms with van der Waals surface area (Å²) in [4.78, 5) is 26.9. The van der Waals surface area contributed by atoms with Gasteiger partial charge in [-0.2, -0.15) is 5.10 Å². The van der Waals surface area contributed by atoms with Gasteiger partial charge < -0.3 is 10.3 Å². The SMILES string of the molecule is C=Cc1ccc(-c2ccc(-n3c(C[C@@H]4CCN(C(=O)C5CC5)C4)n[nH]c3=O)cc2)cc1NN. The van der Waals surface area contributed by atoms with Crippen LogP contribution in [0, 0.1) is 11.8 Å². The highest BCUT2D eigenvalue weighted by Gasteiger charge is 2.36. The molecule has 2 aromatic carbocycles. The lowest BCUT2D eigenvalue weighted by Gasteiger charge is -2.16. The van der Waals surface area contributed by atoms with Crippen molar-refractivity contribution in [3.63, 3.8) is 0 Å². The van der Waals surface area contributed by atoms with Crippen LogP contribution in [0.5, 0.6) is 0 Å². The molecule has 1 aromatic heterocycles. The molecule has 0 bridgehead atoms. The molecule has 2 aliphatic rings. The molecule has 8 nitrogen and oxygen atoms in total. The quantitative estimate of drug-likeness (QED) is 0.383. The van der Waals surface area contributed by atoms with Crippen LogP contribution in [0.3, 0.4) is 0 Å². The van der Waals surface area contributed by atoms with Crippen LogP contribution < -0.4 is 17.0 Å². The number of hydrogen-bond acceptors (Lipinski definition) is 5. The lowest BCUT2D eigenvalue weighted by Crippen LogP contribution is -2.30. The van der Waals surface area contributed by atoms with Crippen molar-refractivity contribution in [2.45, 2.75) is 25.7 Å². The number of hydrazine groups is 1. The Balaban J connectivity index is 1.34. The van der Waals surface area contributed by atoms with Crippen LogP contribution in [0.15, 0.2) is 53.8 Å². The van der Waals surface area contributed by atoms with E-state index in [9.17, 15) is 9.59 Å². The van der Waals surface area contributed by atoms with Crippen molar-refractivity contribution in [3.05, 3.63) is 70.9 Å². The van der Waals surface area contributed by atoms with E-state index in [2.05, 4.69) is 22.2 Å². The van der Waals surface area contributed by atoms with Crippen LogP contribution in [-0.2, 0) is 11.2 Å². The number of carbonyl (C=O) groups excluding carboxylic acids is 1. The second-order valence-electron chi connectivity index (χ2n) is 8.90. The van der Waals surface area contributed by atoms with Gasteiger partial charge in [0.25, 0.3) is 0 Å². The van der Waals surface area contributed by atoms with Gasteiger partial charge in [0.15, 0.2) is 0 Å². The van der Waals surface area contributed by atoms with Gasteiger partial charge in [-0.25, -0.2) is 14.5 Å². The lowest BCUT2D eigenvalue weighted by atomic mass is 10.0. The number of rotatable bonds is 7. The molecule has 5 rings (SSSR count). The molecule has 1 saturated heterocycles. The average molecular weight is 445 g/mol. The maximum atomic E-state index is 12.5. The van der Waals surface area contributed by atoms with Crippen LogP contribution in [0.25, 0.3) is 22.9 Å². The Hall–Kier alpha value is -3.65. The number of nitrogens with one attached hydrogen (secondary N) is 2. The first kappa shape index (κ1) is 21.2. The van der Waals surface area contributed by atoms with E-state index in [1.54, 1.807) is 10.6 Å². The Labute approximate surface area is 192 Å². The number of likely N-dealkylation sites (tertiary alicyclic amines) is 1. The highest BCUT2D eigenvalue weighted by Crippen LogP contribution is 2.33. The molecular weight excluding hydrogens is 416 g/mol. The smallest absolute Gasteiger partial charge is 0.342 e. The highest BCUT2D eigenvalue weighted by atomic mass is 16.2. The van der Waals surface area contributed by atoms with Crippen LogP contribution in [-0.4, -0.2) is 38.7 Å². The van der Waals surface area contributed by atoms with Gasteiger partial charge in [-0.3, -0.25) is 10.6 Å². The molecule has 33 heavy (non-hydrogen) atoms. The molecule has 0 spiro atoms. The third-order valence-corrected chi connectivity index (χ3v) is 6.62. The minimum atomic E-state index is -0.258. The molecule has 8 heteroatoms. The molecular formula is C25H28N6O2. The minimum absolute atomic E-state index is 0.246. The van der Waals surface area contributed by atoms with Gasteiger partial charge in [-0.1, -0.05) is 36.9 Å². The van der Waals surface area contributed by atoms with Crippen LogP contribution >= 0.6 is 0 Å². The number of aromatic amines is 1. The largest absolute Gasteiger partial charge is 0.347 e. The Bertz CT molecular complexity index is 1240. The number of aromatic nitrogens is 3. The number of carbonyl (C=O) groups is 1. The second kappa shape index (κ2) is 8.71. The van der Waals surface area contributed by atoms with Crippen molar-refractivity contribution < 1.29 is 4.79 Å². The number of amides is 1. The molecule has 1 atom stereocenters. The van der Waals surface area contributed by atoms with Crippen molar-refractivity contribution in [1.29, 1.82) is 0 Å². The van der Waals surface area contributed by atoms with E-state index in [0.29, 0.717) is 24.1 Å². The summed E-state index contributed by atoms with van der Waals surface area (Å²) in [5.74, 6) is 7.18. The van der Waals surface area contributed by atoms with E-state index < -0.39 is 0 Å². The summed E-state index contributed by atoms with van der Waals surface area (Å²) in [6.07, 6.45) is 5.40. The predicted octanol–water partition coefficient (Wildman–Crippen LogP) is 2.96. The van der Waals surface area contributed by atoms with Crippen molar-refractivity contribution in [1.82, 2.24) is 19.7 Å². The summed E-state index contributed by atoms with van der Waals surface area (Å²) in [5.41, 5.74) is 6.95. The maximum Gasteiger partial charge on any atom is 0.347 e. The summed E-state index contributed by atoms with van der Waals surface area (Å²) in [6.45, 7) is 5.34. The zero-order valence-corrected chi connectivity index (χ0v) is 18.5. The second-order valence-corrected chi connectivity index (χ2v) is 8.90. The number of H-pyrrole nitrogens is 1. The van der Waals surface area contributed by atoms with Gasteiger partial charge in [0.1, 0.15) is 5.82 Å². The van der Waals surface area contributed by atoms with Crippen molar-refractivity contribution in [3.8, 4) is 16.8 Å². The predicted molar refractivity (Wildman–Crippen MR) is 129 cm³/mol. The molecule has 3 aromatic rings. The summed E-state index contributed by atoms with van der Waals surface area (Å²) in [6, 6.07) is 13.7. The summed E-state index contributed by atoms with van der Waals surface area (Å²) in [5, 5.41) is 6.88. The van der Waals surface area contributed by atoms with Crippen molar-refractivity contribution >= 4 is 17.7 Å². The Kier molecular flexibility index (Phi) is 5.60. The normalized spacial score (nSPS) is 17.8. The zero-order valence-electron chi connectivity index (χ0n) is 18.5. The van der Waals surface area contributed by atoms with Crippen LogP contribution in [0.4, 0.5) is 5.69 Å². The van der Waals surface area contributed by atoms with E-state index >= 15 is 0 Å². The summed E-state index contributed by atoms with van der Waals surface area (Å²) < 4.78 is 1.63. The van der Waals surface area contributed by atoms with Crippen LogP contribution in [0.2, 0.25) is 0 Å². The van der Waals surface area contributed by atoms with Crippen molar-refractivity contribution in [2.24, 2.45) is 17.7 Å². The Morgan fingerprint density at radius 3 is 2.64 bits per heavy atom. The fraction of sp³-hybridized carbons (Fsp3) is 0.320. The summed E-state index contributed by atoms with van der Waals surface area (Å²) >= 11 is 0. The zero-order chi connectivity index (χ0) is 22.9. The first-order chi connectivity index (χ1) is 16.1. The summed E-state index contributed by atoms with van der Waals surface area (Å²) in [7, 11) is 0. The molecule has 2 heterocycles. The fourth-order valence-corrected chi connectivity index (χ4v) is 4.62. The third-order valence-electron chi connectivity index (χ3n) is 6.62. The van der Waals surface area contributed by atoms with Gasteiger partial charge in [0, 0.05) is 25.4 Å². The number of nitrogens with zero attached hydrogens (tertiary/aromatic N) is 3. The van der Waals surface area contributed by atoms with Crippen molar-refractivity contribution in [2.75, 3.05) is 18.5 Å². The van der Waals surface area contributed by atoms with E-state index in [1.165, 1.54) is 0 Å². The molecule has 1 amide bonds. The molecule has 1 aliphatic heterocycles. The number of anilines is 1. The average Bonchev–Trinajstić information content (AvgIpc) is 3.49. The van der Waals surface area contributed by atoms with Crippen LogP contribution in [0.1, 0.15) is 30.7 Å². The fourth-order valence-electron chi connectivity index (χ4n) is 4.62. The standard InChI is InChI=1S/C25H28N6O2/c1-2-17-3-6-20(14-22(17)27-26)18-7-9-21(10-8-18)31-23(28-29-25(31)33)13-16-11-12-30(15-16)24(32)19-4-5-19/h2-3,6-10,14,16,19,27H,1,4-5,11-13,15,26H2,(H,29,33)/t16-/m0/s1. The molecule has 1 aliphatic carbocycles.